The zero-order valence-electron chi connectivity index (χ0n) is 44.7. The van der Waals surface area contributed by atoms with E-state index < -0.39 is 6.10 Å². The summed E-state index contributed by atoms with van der Waals surface area (Å²) in [5.74, 6) is -0.575. The van der Waals surface area contributed by atoms with Crippen LogP contribution in [-0.4, -0.2) is 36.4 Å². The van der Waals surface area contributed by atoms with Crippen molar-refractivity contribution in [3.05, 3.63) is 60.8 Å². The second-order valence-electron chi connectivity index (χ2n) is 19.7. The number of hydrogen-bond donors (Lipinski definition) is 1. The first-order valence-corrected chi connectivity index (χ1v) is 29.3. The van der Waals surface area contributed by atoms with E-state index in [9.17, 15) is 14.7 Å². The lowest BCUT2D eigenvalue weighted by atomic mass is 10.0. The molecule has 0 saturated carbocycles. The Bertz CT molecular complexity index is 1150. The molecule has 5 nitrogen and oxygen atoms in total. The molecule has 1 unspecified atom stereocenters. The maximum atomic E-state index is 12.3. The second kappa shape index (κ2) is 57.9. The fourth-order valence-electron chi connectivity index (χ4n) is 8.70. The lowest BCUT2D eigenvalue weighted by Crippen LogP contribution is -2.28. The van der Waals surface area contributed by atoms with Crippen molar-refractivity contribution >= 4 is 11.9 Å². The zero-order chi connectivity index (χ0) is 48.5. The summed E-state index contributed by atoms with van der Waals surface area (Å²) >= 11 is 0. The van der Waals surface area contributed by atoms with Crippen LogP contribution in [0.2, 0.25) is 0 Å². The van der Waals surface area contributed by atoms with E-state index >= 15 is 0 Å². The summed E-state index contributed by atoms with van der Waals surface area (Å²) in [5.41, 5.74) is 0. The van der Waals surface area contributed by atoms with Gasteiger partial charge in [-0.3, -0.25) is 9.59 Å². The van der Waals surface area contributed by atoms with Crippen LogP contribution in [0.15, 0.2) is 60.8 Å². The van der Waals surface area contributed by atoms with Gasteiger partial charge in [-0.15, -0.1) is 0 Å². The molecule has 0 bridgehead atoms. The molecule has 0 amide bonds. The van der Waals surface area contributed by atoms with Gasteiger partial charge in [-0.1, -0.05) is 293 Å². The van der Waals surface area contributed by atoms with Gasteiger partial charge in [0.25, 0.3) is 0 Å². The van der Waals surface area contributed by atoms with Crippen molar-refractivity contribution in [2.75, 3.05) is 13.2 Å². The molecule has 0 aliphatic carbocycles. The third-order valence-electron chi connectivity index (χ3n) is 13.1. The van der Waals surface area contributed by atoms with Crippen molar-refractivity contribution in [1.82, 2.24) is 0 Å². The standard InChI is InChI=1S/C62H112O5/c1-3-5-7-9-11-13-15-17-18-19-20-21-22-23-24-25-26-27-28-29-30-31-32-33-34-35-36-37-38-39-40-41-42-43-44-45-47-49-51-53-55-57-62(65)67-60(58-63)59-66-61(64)56-54-52-50-48-46-16-14-12-10-8-6-4-2/h5,7,11,13,17-18,20-21,23-24,60,63H,3-4,6,8-10,12,14-16,19,22,25-59H2,1-2H3/b7-5-,13-11-,18-17-,21-20-,24-23-. The molecule has 0 heterocycles. The Balaban J connectivity index is 3.37. The molecule has 0 aromatic rings. The third-order valence-corrected chi connectivity index (χ3v) is 13.1. The number of carbonyl (C=O) groups is 2. The number of esters is 2. The van der Waals surface area contributed by atoms with Crippen LogP contribution in [0.5, 0.6) is 0 Å². The molecular formula is C62H112O5. The minimum atomic E-state index is -0.767. The van der Waals surface area contributed by atoms with Crippen LogP contribution in [-0.2, 0) is 19.1 Å². The van der Waals surface area contributed by atoms with Gasteiger partial charge in [-0.25, -0.2) is 0 Å². The number of ether oxygens (including phenoxy) is 2. The van der Waals surface area contributed by atoms with E-state index in [2.05, 4.69) is 74.6 Å². The molecule has 0 saturated heterocycles. The van der Waals surface area contributed by atoms with Crippen molar-refractivity contribution in [2.45, 2.75) is 309 Å². The predicted octanol–water partition coefficient (Wildman–Crippen LogP) is 19.8. The molecule has 0 aromatic heterocycles. The first-order chi connectivity index (χ1) is 33.1. The van der Waals surface area contributed by atoms with Crippen LogP contribution in [0.4, 0.5) is 0 Å². The van der Waals surface area contributed by atoms with Crippen LogP contribution < -0.4 is 0 Å². The van der Waals surface area contributed by atoms with E-state index in [-0.39, 0.29) is 25.2 Å². The van der Waals surface area contributed by atoms with Gasteiger partial charge in [0.15, 0.2) is 6.10 Å². The highest BCUT2D eigenvalue weighted by molar-refractivity contribution is 5.70. The molecule has 0 aliphatic rings. The topological polar surface area (TPSA) is 72.8 Å². The molecule has 1 atom stereocenters. The SMILES string of the molecule is CC/C=C\C/C=C\C/C=C\C/C=C\C/C=C\CCCCCCCCCCCCCCCCCCCCCCCCCCCC(=O)OC(CO)COC(=O)CCCCCCCCCCCCCC. The highest BCUT2D eigenvalue weighted by Gasteiger charge is 2.16. The normalized spacial score (nSPS) is 12.6. The quantitative estimate of drug-likeness (QED) is 0.0374. The minimum absolute atomic E-state index is 0.0599. The lowest BCUT2D eigenvalue weighted by Gasteiger charge is -2.15. The molecule has 0 rings (SSSR count). The fourth-order valence-corrected chi connectivity index (χ4v) is 8.70. The summed E-state index contributed by atoms with van der Waals surface area (Å²) < 4.78 is 10.7. The Labute approximate surface area is 417 Å². The van der Waals surface area contributed by atoms with Crippen molar-refractivity contribution in [3.63, 3.8) is 0 Å². The highest BCUT2D eigenvalue weighted by Crippen LogP contribution is 2.17. The summed E-state index contributed by atoms with van der Waals surface area (Å²) in [6.45, 7) is 4.05. The lowest BCUT2D eigenvalue weighted by molar-refractivity contribution is -0.161. The maximum absolute atomic E-state index is 12.3. The van der Waals surface area contributed by atoms with E-state index in [4.69, 9.17) is 9.47 Å². The molecular weight excluding hydrogens is 825 g/mol. The van der Waals surface area contributed by atoms with Gasteiger partial charge >= 0.3 is 11.9 Å². The Morgan fingerprint density at radius 2 is 0.642 bits per heavy atom. The van der Waals surface area contributed by atoms with E-state index in [0.29, 0.717) is 12.8 Å². The molecule has 0 radical (unpaired) electrons. The molecule has 0 spiro atoms. The molecule has 0 aromatic carbocycles. The van der Waals surface area contributed by atoms with Crippen LogP contribution in [0, 0.1) is 0 Å². The second-order valence-corrected chi connectivity index (χ2v) is 19.7. The maximum Gasteiger partial charge on any atom is 0.306 e. The summed E-state index contributed by atoms with van der Waals surface area (Å²) in [6, 6.07) is 0. The summed E-state index contributed by atoms with van der Waals surface area (Å²) in [7, 11) is 0. The van der Waals surface area contributed by atoms with Gasteiger partial charge in [-0.2, -0.15) is 0 Å². The molecule has 67 heavy (non-hydrogen) atoms. The number of aliphatic hydroxyl groups excluding tert-OH is 1. The smallest absolute Gasteiger partial charge is 0.306 e. The average molecular weight is 938 g/mol. The minimum Gasteiger partial charge on any atom is -0.462 e. The van der Waals surface area contributed by atoms with E-state index in [1.807, 2.05) is 0 Å². The largest absolute Gasteiger partial charge is 0.462 e. The highest BCUT2D eigenvalue weighted by atomic mass is 16.6. The van der Waals surface area contributed by atoms with Gasteiger partial charge in [0, 0.05) is 12.8 Å². The first-order valence-electron chi connectivity index (χ1n) is 29.3. The summed E-state index contributed by atoms with van der Waals surface area (Å²) in [6.07, 6.45) is 78.0. The Morgan fingerprint density at radius 3 is 0.970 bits per heavy atom. The van der Waals surface area contributed by atoms with Gasteiger partial charge in [0.2, 0.25) is 0 Å². The van der Waals surface area contributed by atoms with E-state index in [1.54, 1.807) is 0 Å². The van der Waals surface area contributed by atoms with Crippen LogP contribution in [0.3, 0.4) is 0 Å². The number of unbranched alkanes of at least 4 members (excludes halogenated alkanes) is 36. The van der Waals surface area contributed by atoms with Gasteiger partial charge < -0.3 is 14.6 Å². The summed E-state index contributed by atoms with van der Waals surface area (Å²) in [5, 5.41) is 9.62. The molecule has 1 N–H and O–H groups in total. The summed E-state index contributed by atoms with van der Waals surface area (Å²) in [4.78, 5) is 24.4. The van der Waals surface area contributed by atoms with Crippen molar-refractivity contribution < 1.29 is 24.2 Å². The monoisotopic (exact) mass is 937 g/mol. The number of carbonyl (C=O) groups excluding carboxylic acids is 2. The Hall–Kier alpha value is -2.40. The van der Waals surface area contributed by atoms with Crippen LogP contribution in [0.25, 0.3) is 0 Å². The van der Waals surface area contributed by atoms with E-state index in [0.717, 1.165) is 70.6 Å². The van der Waals surface area contributed by atoms with Gasteiger partial charge in [0.1, 0.15) is 6.61 Å². The number of aliphatic hydroxyl groups is 1. The number of allylic oxidation sites excluding steroid dienone is 10. The van der Waals surface area contributed by atoms with Crippen molar-refractivity contribution in [1.29, 1.82) is 0 Å². The fraction of sp³-hybridized carbons (Fsp3) is 0.806. The molecule has 390 valence electrons. The Kier molecular flexibility index (Phi) is 55.8. The average Bonchev–Trinajstić information content (AvgIpc) is 3.33. The number of rotatable bonds is 54. The van der Waals surface area contributed by atoms with E-state index in [1.165, 1.54) is 205 Å². The molecule has 5 heteroatoms. The van der Waals surface area contributed by atoms with Crippen molar-refractivity contribution in [3.8, 4) is 0 Å². The van der Waals surface area contributed by atoms with Crippen LogP contribution in [0.1, 0.15) is 303 Å². The first kappa shape index (κ1) is 64.6. The predicted molar refractivity (Wildman–Crippen MR) is 293 cm³/mol. The number of hydrogen-bond acceptors (Lipinski definition) is 5. The van der Waals surface area contributed by atoms with Crippen LogP contribution >= 0.6 is 0 Å². The molecule has 0 fully saturated rings. The van der Waals surface area contributed by atoms with Crippen molar-refractivity contribution in [2.24, 2.45) is 0 Å². The third kappa shape index (κ3) is 56.1. The molecule has 0 aliphatic heterocycles. The zero-order valence-corrected chi connectivity index (χ0v) is 44.7. The van der Waals surface area contributed by atoms with Gasteiger partial charge in [-0.05, 0) is 57.8 Å². The Morgan fingerprint density at radius 1 is 0.358 bits per heavy atom. The van der Waals surface area contributed by atoms with Gasteiger partial charge in [0.05, 0.1) is 6.61 Å².